The average Bonchev–Trinajstić information content (AvgIpc) is 3.53. The smallest absolute Gasteiger partial charge is 0.462 e. The minimum Gasteiger partial charge on any atom is -0.462 e. The van der Waals surface area contributed by atoms with Gasteiger partial charge in [-0.3, -0.25) is 37.3 Å². The summed E-state index contributed by atoms with van der Waals surface area (Å²) in [4.78, 5) is 72.4. The van der Waals surface area contributed by atoms with Crippen LogP contribution in [0.5, 0.6) is 0 Å². The highest BCUT2D eigenvalue weighted by Crippen LogP contribution is 2.45. The molecule has 0 aromatic carbocycles. The lowest BCUT2D eigenvalue weighted by Gasteiger charge is -2.21. The van der Waals surface area contributed by atoms with Crippen molar-refractivity contribution in [1.82, 2.24) is 0 Å². The quantitative estimate of drug-likeness (QED) is 0.0222. The van der Waals surface area contributed by atoms with Gasteiger partial charge in [-0.2, -0.15) is 0 Å². The number of unbranched alkanes of at least 4 members (excludes halogenated alkanes) is 47. The molecular formula is C72H140O17P2. The Kier molecular flexibility index (Phi) is 65.2. The van der Waals surface area contributed by atoms with Gasteiger partial charge in [0.2, 0.25) is 0 Å². The molecule has 0 aromatic heterocycles. The minimum absolute atomic E-state index is 0.106. The molecule has 2 unspecified atom stereocenters. The van der Waals surface area contributed by atoms with Gasteiger partial charge in [0.25, 0.3) is 0 Å². The monoisotopic (exact) mass is 1340 g/mol. The van der Waals surface area contributed by atoms with E-state index in [2.05, 4.69) is 27.7 Å². The number of hydrogen-bond donors (Lipinski definition) is 3. The fourth-order valence-electron chi connectivity index (χ4n) is 11.0. The van der Waals surface area contributed by atoms with E-state index in [1.807, 2.05) is 0 Å². The maximum atomic E-state index is 13.0. The Morgan fingerprint density at radius 2 is 0.440 bits per heavy atom. The standard InChI is InChI=1S/C72H140O17P2/c1-5-9-13-17-21-24-26-28-30-31-32-33-34-35-36-38-40-43-47-51-55-59-72(77)89-68(63-83-70(75)57-53-49-45-42-39-37-29-27-25-22-18-14-10-6-2)65-87-91(80,81)85-61-66(73)60-84-90(78,79)86-64-67(62-82-69(74)56-52-48-44-20-16-12-8-4)88-71(76)58-54-50-46-41-23-19-15-11-7-3/h66-68,73H,5-65H2,1-4H3,(H,78,79)(H,80,81)/t66-,67+,68+/m0/s1. The van der Waals surface area contributed by atoms with Crippen molar-refractivity contribution >= 4 is 39.5 Å². The van der Waals surface area contributed by atoms with E-state index in [9.17, 15) is 43.2 Å². The summed E-state index contributed by atoms with van der Waals surface area (Å²) in [6.45, 7) is 4.90. The first kappa shape index (κ1) is 89.1. The van der Waals surface area contributed by atoms with Crippen LogP contribution < -0.4 is 0 Å². The predicted octanol–water partition coefficient (Wildman–Crippen LogP) is 21.1. The maximum absolute atomic E-state index is 13.0. The van der Waals surface area contributed by atoms with E-state index in [1.54, 1.807) is 0 Å². The summed E-state index contributed by atoms with van der Waals surface area (Å²) in [7, 11) is -9.89. The number of esters is 4. The number of ether oxygens (including phenoxy) is 4. The van der Waals surface area contributed by atoms with Gasteiger partial charge in [0.1, 0.15) is 19.3 Å². The molecule has 0 saturated heterocycles. The molecular weight excluding hydrogens is 1200 g/mol. The Labute approximate surface area is 556 Å². The molecule has 540 valence electrons. The van der Waals surface area contributed by atoms with E-state index in [4.69, 9.17) is 37.0 Å². The van der Waals surface area contributed by atoms with Gasteiger partial charge in [0.15, 0.2) is 12.2 Å². The van der Waals surface area contributed by atoms with Gasteiger partial charge in [-0.1, -0.05) is 329 Å². The first-order valence-corrected chi connectivity index (χ1v) is 40.8. The lowest BCUT2D eigenvalue weighted by Crippen LogP contribution is -2.30. The summed E-state index contributed by atoms with van der Waals surface area (Å²) in [6.07, 6.45) is 55.8. The molecule has 5 atom stereocenters. The highest BCUT2D eigenvalue weighted by atomic mass is 31.2. The van der Waals surface area contributed by atoms with Crippen molar-refractivity contribution in [2.45, 2.75) is 399 Å². The van der Waals surface area contributed by atoms with Crippen LogP contribution in [0.1, 0.15) is 381 Å². The fraction of sp³-hybridized carbons (Fsp3) is 0.944. The Balaban J connectivity index is 5.13. The summed E-state index contributed by atoms with van der Waals surface area (Å²) in [6, 6.07) is 0. The summed E-state index contributed by atoms with van der Waals surface area (Å²) in [5.41, 5.74) is 0. The molecule has 0 heterocycles. The third-order valence-corrected chi connectivity index (χ3v) is 18.8. The number of phosphoric ester groups is 2. The number of phosphoric acid groups is 2. The van der Waals surface area contributed by atoms with Gasteiger partial charge in [-0.15, -0.1) is 0 Å². The van der Waals surface area contributed by atoms with Gasteiger partial charge in [0, 0.05) is 25.7 Å². The molecule has 17 nitrogen and oxygen atoms in total. The molecule has 19 heteroatoms. The molecule has 0 aliphatic rings. The third-order valence-electron chi connectivity index (χ3n) is 16.9. The SMILES string of the molecule is CCCCCCCCCCCCCCCCCCCCCCCC(=O)O[C@H](COC(=O)CCCCCCCCCCCCCCCC)COP(=O)(O)OC[C@@H](O)COP(=O)(O)OC[C@@H](COC(=O)CCCCCCCCC)OC(=O)CCCCCCCCCCC. The predicted molar refractivity (Wildman–Crippen MR) is 368 cm³/mol. The van der Waals surface area contributed by atoms with Gasteiger partial charge in [-0.05, 0) is 25.7 Å². The molecule has 0 aromatic rings. The van der Waals surface area contributed by atoms with Crippen LogP contribution >= 0.6 is 15.6 Å². The zero-order chi connectivity index (χ0) is 66.8. The number of carbonyl (C=O) groups is 4. The number of aliphatic hydroxyl groups excluding tert-OH is 1. The molecule has 0 aliphatic carbocycles. The van der Waals surface area contributed by atoms with E-state index in [-0.39, 0.29) is 25.7 Å². The zero-order valence-electron chi connectivity index (χ0n) is 58.8. The molecule has 3 N–H and O–H groups in total. The molecule has 0 spiro atoms. The Morgan fingerprint density at radius 1 is 0.264 bits per heavy atom. The van der Waals surface area contributed by atoms with Gasteiger partial charge in [0.05, 0.1) is 26.4 Å². The first-order valence-electron chi connectivity index (χ1n) is 37.8. The lowest BCUT2D eigenvalue weighted by atomic mass is 10.0. The number of rotatable bonds is 73. The Morgan fingerprint density at radius 3 is 0.648 bits per heavy atom. The molecule has 0 bridgehead atoms. The van der Waals surface area contributed by atoms with Crippen molar-refractivity contribution in [2.24, 2.45) is 0 Å². The van der Waals surface area contributed by atoms with Crippen LogP contribution in [-0.2, 0) is 65.4 Å². The van der Waals surface area contributed by atoms with E-state index in [0.717, 1.165) is 103 Å². The first-order chi connectivity index (χ1) is 44.2. The minimum atomic E-state index is -4.95. The third kappa shape index (κ3) is 66.5. The van der Waals surface area contributed by atoms with Gasteiger partial charge in [-0.25, -0.2) is 9.13 Å². The van der Waals surface area contributed by atoms with E-state index in [1.165, 1.54) is 199 Å². The van der Waals surface area contributed by atoms with E-state index >= 15 is 0 Å². The molecule has 0 saturated carbocycles. The normalized spacial score (nSPS) is 14.0. The van der Waals surface area contributed by atoms with Crippen molar-refractivity contribution in [3.05, 3.63) is 0 Å². The number of aliphatic hydroxyl groups is 1. The second kappa shape index (κ2) is 66.7. The van der Waals surface area contributed by atoms with Crippen molar-refractivity contribution in [3.8, 4) is 0 Å². The van der Waals surface area contributed by atoms with Crippen molar-refractivity contribution in [3.63, 3.8) is 0 Å². The van der Waals surface area contributed by atoms with Crippen LogP contribution in [0.3, 0.4) is 0 Å². The summed E-state index contributed by atoms with van der Waals surface area (Å²) in [5, 5.41) is 10.6. The van der Waals surface area contributed by atoms with Crippen LogP contribution in [0.4, 0.5) is 0 Å². The molecule has 0 amide bonds. The van der Waals surface area contributed by atoms with Gasteiger partial charge >= 0.3 is 39.5 Å². The molecule has 0 rings (SSSR count). The molecule has 91 heavy (non-hydrogen) atoms. The zero-order valence-corrected chi connectivity index (χ0v) is 60.6. The van der Waals surface area contributed by atoms with Crippen LogP contribution in [0, 0.1) is 0 Å². The second-order valence-corrected chi connectivity index (χ2v) is 28.9. The van der Waals surface area contributed by atoms with Crippen LogP contribution in [0.15, 0.2) is 0 Å². The average molecular weight is 1340 g/mol. The largest absolute Gasteiger partial charge is 0.472 e. The summed E-state index contributed by atoms with van der Waals surface area (Å²) < 4.78 is 68.2. The molecule has 0 fully saturated rings. The highest BCUT2D eigenvalue weighted by molar-refractivity contribution is 7.47. The fourth-order valence-corrected chi connectivity index (χ4v) is 12.6. The number of hydrogen-bond acceptors (Lipinski definition) is 15. The molecule has 0 aliphatic heterocycles. The van der Waals surface area contributed by atoms with Crippen LogP contribution in [0.2, 0.25) is 0 Å². The van der Waals surface area contributed by atoms with Crippen molar-refractivity contribution < 1.29 is 80.2 Å². The maximum Gasteiger partial charge on any atom is 0.472 e. The Bertz CT molecular complexity index is 1740. The van der Waals surface area contributed by atoms with Crippen molar-refractivity contribution in [2.75, 3.05) is 39.6 Å². The van der Waals surface area contributed by atoms with Crippen LogP contribution in [-0.4, -0.2) is 96.7 Å². The summed E-state index contributed by atoms with van der Waals surface area (Å²) >= 11 is 0. The lowest BCUT2D eigenvalue weighted by molar-refractivity contribution is -0.161. The highest BCUT2D eigenvalue weighted by Gasteiger charge is 2.30. The Hall–Kier alpha value is -1.94. The van der Waals surface area contributed by atoms with E-state index < -0.39 is 97.5 Å². The molecule has 0 radical (unpaired) electrons. The topological polar surface area (TPSA) is 237 Å². The van der Waals surface area contributed by atoms with Crippen LogP contribution in [0.25, 0.3) is 0 Å². The second-order valence-electron chi connectivity index (χ2n) is 26.0. The van der Waals surface area contributed by atoms with E-state index in [0.29, 0.717) is 25.7 Å². The van der Waals surface area contributed by atoms with Crippen molar-refractivity contribution in [1.29, 1.82) is 0 Å². The number of carbonyl (C=O) groups excluding carboxylic acids is 4. The summed E-state index contributed by atoms with van der Waals surface area (Å²) in [5.74, 6) is -2.12. The van der Waals surface area contributed by atoms with Gasteiger partial charge < -0.3 is 33.8 Å².